The zero-order valence-electron chi connectivity index (χ0n) is 9.35. The molecule has 1 aromatic carbocycles. The molecular weight excluding hydrogens is 202 g/mol. The van der Waals surface area contributed by atoms with E-state index in [0.717, 1.165) is 24.8 Å². The molecule has 1 aromatic rings. The quantitative estimate of drug-likeness (QED) is 0.562. The van der Waals surface area contributed by atoms with E-state index in [-0.39, 0.29) is 10.8 Å². The molecule has 0 radical (unpaired) electrons. The number of hydrogen-bond acceptors (Lipinski definition) is 2. The highest BCUT2D eigenvalue weighted by Crippen LogP contribution is 2.34. The largest absolute Gasteiger partial charge is 0.259 e. The first kappa shape index (κ1) is 10.9. The Labute approximate surface area is 94.9 Å². The van der Waals surface area contributed by atoms with Crippen LogP contribution in [0.2, 0.25) is 0 Å². The van der Waals surface area contributed by atoms with Gasteiger partial charge in [-0.3, -0.25) is 10.1 Å². The predicted molar refractivity (Wildman–Crippen MR) is 62.8 cm³/mol. The monoisotopic (exact) mass is 217 g/mol. The van der Waals surface area contributed by atoms with Gasteiger partial charge in [0.15, 0.2) is 0 Å². The molecule has 16 heavy (non-hydrogen) atoms. The lowest BCUT2D eigenvalue weighted by Crippen LogP contribution is -2.13. The molecule has 2 rings (SSSR count). The van der Waals surface area contributed by atoms with Crippen LogP contribution < -0.4 is 0 Å². The average molecular weight is 217 g/mol. The van der Waals surface area contributed by atoms with E-state index in [1.54, 1.807) is 6.08 Å². The van der Waals surface area contributed by atoms with E-state index in [9.17, 15) is 10.1 Å². The van der Waals surface area contributed by atoms with Crippen molar-refractivity contribution in [2.45, 2.75) is 32.1 Å². The van der Waals surface area contributed by atoms with Crippen LogP contribution in [0.5, 0.6) is 0 Å². The molecule has 1 aliphatic rings. The zero-order chi connectivity index (χ0) is 11.5. The molecule has 0 amide bonds. The normalized spacial score (nSPS) is 20.3. The highest BCUT2D eigenvalue weighted by Gasteiger charge is 2.28. The minimum atomic E-state index is -0.232. The molecule has 3 nitrogen and oxygen atoms in total. The van der Waals surface area contributed by atoms with E-state index in [1.807, 2.05) is 31.2 Å². The van der Waals surface area contributed by atoms with Crippen LogP contribution in [0.1, 0.15) is 36.3 Å². The molecule has 0 N–H and O–H groups in total. The summed E-state index contributed by atoms with van der Waals surface area (Å²) in [5.74, 6) is -0.0238. The molecule has 0 fully saturated rings. The molecule has 84 valence electrons. The average Bonchev–Trinajstić information content (AvgIpc) is 2.30. The van der Waals surface area contributed by atoms with E-state index in [0.29, 0.717) is 5.70 Å². The van der Waals surface area contributed by atoms with Crippen LogP contribution in [-0.2, 0) is 0 Å². The molecule has 0 aromatic heterocycles. The maximum atomic E-state index is 10.9. The third-order valence-corrected chi connectivity index (χ3v) is 3.10. The van der Waals surface area contributed by atoms with Crippen LogP contribution in [-0.4, -0.2) is 4.92 Å². The van der Waals surface area contributed by atoms with Crippen molar-refractivity contribution in [1.82, 2.24) is 0 Å². The maximum Gasteiger partial charge on any atom is 0.249 e. The van der Waals surface area contributed by atoms with Gasteiger partial charge in [0.05, 0.1) is 10.8 Å². The summed E-state index contributed by atoms with van der Waals surface area (Å²) >= 11 is 0. The van der Waals surface area contributed by atoms with Gasteiger partial charge >= 0.3 is 0 Å². The highest BCUT2D eigenvalue weighted by molar-refractivity contribution is 5.30. The third kappa shape index (κ3) is 2.13. The summed E-state index contributed by atoms with van der Waals surface area (Å²) in [4.78, 5) is 10.7. The summed E-state index contributed by atoms with van der Waals surface area (Å²) in [6.45, 7) is 2.02. The second-order valence-corrected chi connectivity index (χ2v) is 4.28. The smallest absolute Gasteiger partial charge is 0.249 e. The molecule has 0 spiro atoms. The molecule has 0 unspecified atom stereocenters. The topological polar surface area (TPSA) is 43.1 Å². The van der Waals surface area contributed by atoms with E-state index >= 15 is 0 Å². The van der Waals surface area contributed by atoms with Gasteiger partial charge in [0.1, 0.15) is 0 Å². The first-order chi connectivity index (χ1) is 7.68. The number of aryl methyl sites for hydroxylation is 1. The SMILES string of the molecule is Cc1ccc([C@H]2CCCC=C2[N+](=O)[O-])cc1. The maximum absolute atomic E-state index is 10.9. The molecule has 0 aliphatic heterocycles. The Morgan fingerprint density at radius 2 is 2.00 bits per heavy atom. The summed E-state index contributed by atoms with van der Waals surface area (Å²) in [7, 11) is 0. The fourth-order valence-electron chi connectivity index (χ4n) is 2.20. The van der Waals surface area contributed by atoms with Crippen molar-refractivity contribution in [3.63, 3.8) is 0 Å². The Morgan fingerprint density at radius 1 is 1.31 bits per heavy atom. The van der Waals surface area contributed by atoms with Crippen molar-refractivity contribution in [3.8, 4) is 0 Å². The Morgan fingerprint density at radius 3 is 2.62 bits per heavy atom. The van der Waals surface area contributed by atoms with Gasteiger partial charge in [-0.25, -0.2) is 0 Å². The van der Waals surface area contributed by atoms with Gasteiger partial charge in [0.25, 0.3) is 0 Å². The van der Waals surface area contributed by atoms with E-state index in [1.165, 1.54) is 5.56 Å². The third-order valence-electron chi connectivity index (χ3n) is 3.10. The molecule has 0 bridgehead atoms. The summed E-state index contributed by atoms with van der Waals surface area (Å²) in [6, 6.07) is 8.04. The standard InChI is InChI=1S/C13H15NO2/c1-10-6-8-11(9-7-10)12-4-2-3-5-13(12)14(15)16/h5-9,12H,2-4H2,1H3/t12-/m1/s1. The summed E-state index contributed by atoms with van der Waals surface area (Å²) in [6.07, 6.45) is 4.53. The number of hydrogen-bond donors (Lipinski definition) is 0. The number of rotatable bonds is 2. The molecule has 0 saturated carbocycles. The van der Waals surface area contributed by atoms with Gasteiger partial charge < -0.3 is 0 Å². The fourth-order valence-corrected chi connectivity index (χ4v) is 2.20. The van der Waals surface area contributed by atoms with Crippen molar-refractivity contribution < 1.29 is 4.92 Å². The van der Waals surface area contributed by atoms with Gasteiger partial charge in [-0.05, 0) is 37.8 Å². The predicted octanol–water partition coefficient (Wildman–Crippen LogP) is 3.42. The van der Waals surface area contributed by atoms with E-state index in [4.69, 9.17) is 0 Å². The second-order valence-electron chi connectivity index (χ2n) is 4.28. The van der Waals surface area contributed by atoms with Gasteiger partial charge in [-0.2, -0.15) is 0 Å². The Kier molecular flexibility index (Phi) is 3.04. The van der Waals surface area contributed by atoms with Crippen molar-refractivity contribution in [2.75, 3.05) is 0 Å². The lowest BCUT2D eigenvalue weighted by atomic mass is 9.86. The van der Waals surface area contributed by atoms with Crippen LogP contribution in [0.25, 0.3) is 0 Å². The number of nitrogens with zero attached hydrogens (tertiary/aromatic N) is 1. The first-order valence-electron chi connectivity index (χ1n) is 5.59. The molecular formula is C13H15NO2. The Bertz CT molecular complexity index is 420. The van der Waals surface area contributed by atoms with Crippen LogP contribution in [0.15, 0.2) is 36.0 Å². The van der Waals surface area contributed by atoms with Crippen molar-refractivity contribution in [3.05, 3.63) is 57.3 Å². The van der Waals surface area contributed by atoms with Gasteiger partial charge in [-0.15, -0.1) is 0 Å². The van der Waals surface area contributed by atoms with Gasteiger partial charge in [0.2, 0.25) is 5.70 Å². The molecule has 3 heteroatoms. The molecule has 1 atom stereocenters. The Hall–Kier alpha value is -1.64. The molecule has 0 saturated heterocycles. The van der Waals surface area contributed by atoms with Crippen LogP contribution in [0, 0.1) is 17.0 Å². The van der Waals surface area contributed by atoms with Crippen LogP contribution in [0.3, 0.4) is 0 Å². The minimum Gasteiger partial charge on any atom is -0.259 e. The molecule has 0 heterocycles. The van der Waals surface area contributed by atoms with E-state index in [2.05, 4.69) is 0 Å². The minimum absolute atomic E-state index is 0.0238. The van der Waals surface area contributed by atoms with Crippen LogP contribution in [0.4, 0.5) is 0 Å². The number of allylic oxidation sites excluding steroid dienone is 2. The summed E-state index contributed by atoms with van der Waals surface area (Å²) in [5, 5.41) is 10.9. The number of benzene rings is 1. The highest BCUT2D eigenvalue weighted by atomic mass is 16.6. The molecule has 1 aliphatic carbocycles. The number of nitro groups is 1. The zero-order valence-corrected chi connectivity index (χ0v) is 9.35. The van der Waals surface area contributed by atoms with Crippen molar-refractivity contribution in [2.24, 2.45) is 0 Å². The second kappa shape index (κ2) is 4.47. The first-order valence-corrected chi connectivity index (χ1v) is 5.59. The fraction of sp³-hybridized carbons (Fsp3) is 0.385. The van der Waals surface area contributed by atoms with E-state index < -0.39 is 0 Å². The lowest BCUT2D eigenvalue weighted by molar-refractivity contribution is -0.431. The lowest BCUT2D eigenvalue weighted by Gasteiger charge is -2.18. The summed E-state index contributed by atoms with van der Waals surface area (Å²) < 4.78 is 0. The summed E-state index contributed by atoms with van der Waals surface area (Å²) in [5.41, 5.74) is 2.62. The Balaban J connectivity index is 2.31. The van der Waals surface area contributed by atoms with Crippen molar-refractivity contribution in [1.29, 1.82) is 0 Å². The van der Waals surface area contributed by atoms with Crippen molar-refractivity contribution >= 4 is 0 Å². The van der Waals surface area contributed by atoms with Crippen LogP contribution >= 0.6 is 0 Å². The van der Waals surface area contributed by atoms with Gasteiger partial charge in [0, 0.05) is 0 Å². The van der Waals surface area contributed by atoms with Gasteiger partial charge in [-0.1, -0.05) is 29.8 Å².